The Morgan fingerprint density at radius 2 is 2.06 bits per heavy atom. The molecule has 2 aliphatic heterocycles. The van der Waals surface area contributed by atoms with Crippen LogP contribution in [0.4, 0.5) is 0 Å². The Hall–Kier alpha value is -2.67. The van der Waals surface area contributed by atoms with E-state index in [0.717, 1.165) is 30.5 Å². The lowest BCUT2D eigenvalue weighted by atomic mass is 9.76. The molecule has 166 valence electrons. The minimum atomic E-state index is -0.841. The van der Waals surface area contributed by atoms with E-state index < -0.39 is 11.5 Å². The molecule has 1 aromatic heterocycles. The molecule has 0 unspecified atom stereocenters. The van der Waals surface area contributed by atoms with E-state index in [1.165, 1.54) is 5.56 Å². The fourth-order valence-electron chi connectivity index (χ4n) is 4.55. The molecule has 3 heterocycles. The summed E-state index contributed by atoms with van der Waals surface area (Å²) in [6.07, 6.45) is 2.96. The van der Waals surface area contributed by atoms with Gasteiger partial charge in [-0.1, -0.05) is 35.0 Å². The van der Waals surface area contributed by atoms with Crippen molar-refractivity contribution in [3.63, 3.8) is 0 Å². The van der Waals surface area contributed by atoms with Gasteiger partial charge < -0.3 is 18.9 Å². The SMILES string of the molecule is CCOC(=O)[C@]1(Cc2cc(-c3ccc(C)cc3)no2)CCCN(C(=O)[C@@H]2CCCO2)C1. The van der Waals surface area contributed by atoms with Gasteiger partial charge in [0.05, 0.1) is 12.0 Å². The van der Waals surface area contributed by atoms with E-state index in [9.17, 15) is 9.59 Å². The van der Waals surface area contributed by atoms with E-state index in [1.807, 2.05) is 37.3 Å². The summed E-state index contributed by atoms with van der Waals surface area (Å²) in [5, 5.41) is 4.21. The van der Waals surface area contributed by atoms with Crippen LogP contribution in [0.25, 0.3) is 11.3 Å². The third-order valence-corrected chi connectivity index (χ3v) is 6.22. The Bertz CT molecular complexity index is 916. The molecule has 31 heavy (non-hydrogen) atoms. The Kier molecular flexibility index (Phi) is 6.41. The minimum Gasteiger partial charge on any atom is -0.466 e. The van der Waals surface area contributed by atoms with Crippen LogP contribution >= 0.6 is 0 Å². The molecule has 0 N–H and O–H groups in total. The maximum Gasteiger partial charge on any atom is 0.314 e. The molecule has 2 fully saturated rings. The molecule has 7 nitrogen and oxygen atoms in total. The van der Waals surface area contributed by atoms with E-state index in [1.54, 1.807) is 11.8 Å². The highest BCUT2D eigenvalue weighted by Crippen LogP contribution is 2.37. The van der Waals surface area contributed by atoms with Crippen LogP contribution in [0.3, 0.4) is 0 Å². The summed E-state index contributed by atoms with van der Waals surface area (Å²) in [6.45, 7) is 5.69. The molecule has 1 amide bonds. The average Bonchev–Trinajstić information content (AvgIpc) is 3.47. The van der Waals surface area contributed by atoms with Crippen molar-refractivity contribution in [2.24, 2.45) is 5.41 Å². The van der Waals surface area contributed by atoms with Gasteiger partial charge in [-0.05, 0) is 39.5 Å². The van der Waals surface area contributed by atoms with E-state index in [2.05, 4.69) is 5.16 Å². The fourth-order valence-corrected chi connectivity index (χ4v) is 4.55. The number of amides is 1. The maximum absolute atomic E-state index is 13.1. The number of piperidine rings is 1. The Balaban J connectivity index is 1.55. The number of rotatable bonds is 6. The maximum atomic E-state index is 13.1. The Morgan fingerprint density at radius 1 is 1.26 bits per heavy atom. The summed E-state index contributed by atoms with van der Waals surface area (Å²) >= 11 is 0. The lowest BCUT2D eigenvalue weighted by Gasteiger charge is -2.41. The zero-order valence-electron chi connectivity index (χ0n) is 18.3. The van der Waals surface area contributed by atoms with Crippen LogP contribution in [0, 0.1) is 12.3 Å². The van der Waals surface area contributed by atoms with Crippen molar-refractivity contribution in [2.45, 2.75) is 52.1 Å². The average molecular weight is 427 g/mol. The van der Waals surface area contributed by atoms with Crippen LogP contribution in [0.5, 0.6) is 0 Å². The number of nitrogens with zero attached hydrogens (tertiary/aromatic N) is 2. The normalized spacial score (nSPS) is 23.7. The zero-order chi connectivity index (χ0) is 21.8. The van der Waals surface area contributed by atoms with Gasteiger partial charge in [-0.2, -0.15) is 0 Å². The molecule has 2 aliphatic rings. The number of hydrogen-bond donors (Lipinski definition) is 0. The molecular formula is C24H30N2O5. The third-order valence-electron chi connectivity index (χ3n) is 6.22. The zero-order valence-corrected chi connectivity index (χ0v) is 18.3. The van der Waals surface area contributed by atoms with Crippen molar-refractivity contribution in [1.29, 1.82) is 0 Å². The lowest BCUT2D eigenvalue weighted by Crippen LogP contribution is -2.53. The monoisotopic (exact) mass is 426 g/mol. The number of ether oxygens (including phenoxy) is 2. The van der Waals surface area contributed by atoms with Gasteiger partial charge in [0.2, 0.25) is 0 Å². The number of aryl methyl sites for hydroxylation is 1. The smallest absolute Gasteiger partial charge is 0.314 e. The van der Waals surface area contributed by atoms with E-state index >= 15 is 0 Å². The first-order chi connectivity index (χ1) is 15.0. The topological polar surface area (TPSA) is 81.9 Å². The van der Waals surface area contributed by atoms with Crippen LogP contribution in [0.1, 0.15) is 43.9 Å². The van der Waals surface area contributed by atoms with Crippen molar-refractivity contribution in [3.05, 3.63) is 41.7 Å². The first kappa shape index (κ1) is 21.6. The highest BCUT2D eigenvalue weighted by Gasteiger charge is 2.46. The number of likely N-dealkylation sites (tertiary alicyclic amines) is 1. The van der Waals surface area contributed by atoms with Crippen LogP contribution in [-0.4, -0.2) is 54.3 Å². The summed E-state index contributed by atoms with van der Waals surface area (Å²) in [5.41, 5.74) is 2.03. The number of benzene rings is 1. The van der Waals surface area contributed by atoms with Crippen molar-refractivity contribution < 1.29 is 23.6 Å². The molecule has 0 bridgehead atoms. The molecule has 2 atom stereocenters. The molecule has 0 saturated carbocycles. The summed E-state index contributed by atoms with van der Waals surface area (Å²) in [7, 11) is 0. The number of hydrogen-bond acceptors (Lipinski definition) is 6. The predicted octanol–water partition coefficient (Wildman–Crippen LogP) is 3.54. The number of carbonyl (C=O) groups excluding carboxylic acids is 2. The molecule has 4 rings (SSSR count). The lowest BCUT2D eigenvalue weighted by molar-refractivity contribution is -0.162. The van der Waals surface area contributed by atoms with Crippen molar-refractivity contribution in [2.75, 3.05) is 26.3 Å². The highest BCUT2D eigenvalue weighted by atomic mass is 16.5. The largest absolute Gasteiger partial charge is 0.466 e. The van der Waals surface area contributed by atoms with E-state index in [4.69, 9.17) is 14.0 Å². The van der Waals surface area contributed by atoms with Gasteiger partial charge in [0, 0.05) is 37.7 Å². The van der Waals surface area contributed by atoms with E-state index in [0.29, 0.717) is 44.9 Å². The molecule has 7 heteroatoms. The van der Waals surface area contributed by atoms with E-state index in [-0.39, 0.29) is 11.9 Å². The van der Waals surface area contributed by atoms with Crippen LogP contribution < -0.4 is 0 Å². The Morgan fingerprint density at radius 3 is 2.77 bits per heavy atom. The van der Waals surface area contributed by atoms with Crippen molar-refractivity contribution >= 4 is 11.9 Å². The van der Waals surface area contributed by atoms with Gasteiger partial charge in [0.25, 0.3) is 5.91 Å². The fraction of sp³-hybridized carbons (Fsp3) is 0.542. The second kappa shape index (κ2) is 9.22. The molecule has 2 saturated heterocycles. The van der Waals surface area contributed by atoms with Gasteiger partial charge in [-0.25, -0.2) is 0 Å². The second-order valence-corrected chi connectivity index (χ2v) is 8.59. The standard InChI is InChI=1S/C24H30N2O5/c1-3-29-23(28)24(11-5-12-26(16-24)22(27)21-6-4-13-30-21)15-19-14-20(25-31-19)18-9-7-17(2)8-10-18/h7-10,14,21H,3-6,11-13,15-16H2,1-2H3/t21-,24-/m0/s1. The number of aromatic nitrogens is 1. The summed E-state index contributed by atoms with van der Waals surface area (Å²) in [6, 6.07) is 9.94. The number of esters is 1. The van der Waals surface area contributed by atoms with Crippen molar-refractivity contribution in [3.8, 4) is 11.3 Å². The van der Waals surface area contributed by atoms with Gasteiger partial charge in [0.15, 0.2) is 0 Å². The first-order valence-electron chi connectivity index (χ1n) is 11.1. The molecular weight excluding hydrogens is 396 g/mol. The molecule has 1 aromatic carbocycles. The van der Waals surface area contributed by atoms with Crippen LogP contribution in [0.2, 0.25) is 0 Å². The van der Waals surface area contributed by atoms with Crippen molar-refractivity contribution in [1.82, 2.24) is 10.1 Å². The first-order valence-corrected chi connectivity index (χ1v) is 11.1. The molecule has 0 aliphatic carbocycles. The molecule has 0 radical (unpaired) electrons. The summed E-state index contributed by atoms with van der Waals surface area (Å²) < 4.78 is 16.6. The van der Waals surface area contributed by atoms with Crippen LogP contribution in [-0.2, 0) is 25.5 Å². The Labute approximate surface area is 182 Å². The van der Waals surface area contributed by atoms with Crippen LogP contribution in [0.15, 0.2) is 34.9 Å². The van der Waals surface area contributed by atoms with Gasteiger partial charge >= 0.3 is 5.97 Å². The highest BCUT2D eigenvalue weighted by molar-refractivity contribution is 5.83. The quantitative estimate of drug-likeness (QED) is 0.657. The second-order valence-electron chi connectivity index (χ2n) is 8.59. The number of carbonyl (C=O) groups is 2. The molecule has 0 spiro atoms. The summed E-state index contributed by atoms with van der Waals surface area (Å²) in [4.78, 5) is 27.8. The van der Waals surface area contributed by atoms with Gasteiger partial charge in [-0.15, -0.1) is 0 Å². The summed E-state index contributed by atoms with van der Waals surface area (Å²) in [5.74, 6) is 0.312. The molecule has 2 aromatic rings. The third kappa shape index (κ3) is 4.66. The minimum absolute atomic E-state index is 0.0243. The van der Waals surface area contributed by atoms with Gasteiger partial charge in [0.1, 0.15) is 17.6 Å². The van der Waals surface area contributed by atoms with Gasteiger partial charge in [-0.3, -0.25) is 9.59 Å². The predicted molar refractivity (Wildman–Crippen MR) is 114 cm³/mol.